The molecule has 1 saturated heterocycles. The molecule has 13 heteroatoms. The normalized spacial score (nSPS) is 17.8. The first-order valence-corrected chi connectivity index (χ1v) is 60.0. The van der Waals surface area contributed by atoms with Crippen LogP contribution in [-0.4, -0.2) is 113 Å². The van der Waals surface area contributed by atoms with Crippen LogP contribution in [0.4, 0.5) is 0 Å². The Balaban J connectivity index is 5.37. The zero-order valence-corrected chi connectivity index (χ0v) is 52.7. The van der Waals surface area contributed by atoms with Gasteiger partial charge in [-0.15, -0.1) is 0 Å². The third-order valence-electron chi connectivity index (χ3n) is 12.9. The maximum Gasteiger partial charge on any atom is 0.0821 e. The molecule has 51 heavy (non-hydrogen) atoms. The summed E-state index contributed by atoms with van der Waals surface area (Å²) in [4.78, 5) is 4.43. The van der Waals surface area contributed by atoms with Crippen LogP contribution in [0.2, 0.25) is 187 Å². The third kappa shape index (κ3) is 11.3. The van der Waals surface area contributed by atoms with Gasteiger partial charge >= 0.3 is 0 Å². The van der Waals surface area contributed by atoms with Crippen molar-refractivity contribution in [3.05, 3.63) is 0 Å². The Hall–Kier alpha value is 2.40. The molecule has 0 aromatic rings. The van der Waals surface area contributed by atoms with Gasteiger partial charge in [-0.05, 0) is 18.4 Å². The van der Waals surface area contributed by atoms with Gasteiger partial charge in [0.05, 0.1) is 22.8 Å². The van der Waals surface area contributed by atoms with Crippen LogP contribution in [0, 0.1) is 0 Å². The van der Waals surface area contributed by atoms with Crippen molar-refractivity contribution in [3.8, 4) is 0 Å². The van der Waals surface area contributed by atoms with Gasteiger partial charge in [-0.2, -0.15) is 0 Å². The lowest BCUT2D eigenvalue weighted by Gasteiger charge is -2.65. The summed E-state index contributed by atoms with van der Waals surface area (Å²) in [6.07, 6.45) is 2.95. The summed E-state index contributed by atoms with van der Waals surface area (Å²) in [5, 5.41) is 0. The van der Waals surface area contributed by atoms with Crippen LogP contribution in [0.3, 0.4) is 0 Å². The molecule has 1 fully saturated rings. The van der Waals surface area contributed by atoms with Gasteiger partial charge in [-0.1, -0.05) is 210 Å². The van der Waals surface area contributed by atoms with E-state index in [2.05, 4.69) is 189 Å². The van der Waals surface area contributed by atoms with Crippen LogP contribution in [0.1, 0.15) is 40.5 Å². The van der Waals surface area contributed by atoms with Gasteiger partial charge in [0.25, 0.3) is 0 Å². The van der Waals surface area contributed by atoms with Crippen molar-refractivity contribution in [3.63, 3.8) is 0 Å². The quantitative estimate of drug-likeness (QED) is 0.131. The molecular weight excluding hydrogens is 807 g/mol. The van der Waals surface area contributed by atoms with Crippen LogP contribution < -0.4 is 0 Å². The van der Waals surface area contributed by atoms with E-state index in [1.807, 2.05) is 0 Å². The molecule has 0 unspecified atom stereocenters. The van der Waals surface area contributed by atoms with Crippen LogP contribution in [-0.2, 0) is 0 Å². The predicted octanol–water partition coefficient (Wildman–Crippen LogP) is 14.1. The summed E-state index contributed by atoms with van der Waals surface area (Å²) in [5.41, 5.74) is 1.80. The average Bonchev–Trinajstić information content (AvgIpc) is 3.28. The minimum Gasteiger partial charge on any atom is -0.413 e. The van der Waals surface area contributed by atoms with E-state index >= 15 is 0 Å². The van der Waals surface area contributed by atoms with E-state index in [9.17, 15) is 0 Å². The lowest BCUT2D eigenvalue weighted by molar-refractivity contribution is 0.555. The Kier molecular flexibility index (Phi) is 16.7. The molecule has 0 aliphatic carbocycles. The summed E-state index contributed by atoms with van der Waals surface area (Å²) < 4.78 is 3.48. The minimum atomic E-state index is -1.97. The predicted molar refractivity (Wildman–Crippen MR) is 276 cm³/mol. The minimum absolute atomic E-state index is 0.785. The third-order valence-corrected chi connectivity index (χ3v) is 124. The molecule has 1 aliphatic rings. The number of nitrogens with zero attached hydrogens (tertiary/aromatic N) is 1. The second kappa shape index (κ2) is 16.6. The zero-order valence-electron chi connectivity index (χ0n) is 40.7. The number of rotatable bonds is 17. The first kappa shape index (κ1) is 51.4. The summed E-state index contributed by atoms with van der Waals surface area (Å²) in [7, 11) is -15.5. The van der Waals surface area contributed by atoms with E-state index in [0.717, 1.165) is 30.2 Å². The lowest BCUT2D eigenvalue weighted by Crippen LogP contribution is -2.80. The molecule has 0 aromatic heterocycles. The van der Waals surface area contributed by atoms with Gasteiger partial charge in [-0.3, -0.25) is 0 Å². The van der Waals surface area contributed by atoms with E-state index in [4.69, 9.17) is 0 Å². The van der Waals surface area contributed by atoms with Gasteiger partial charge in [0.2, 0.25) is 0 Å². The van der Waals surface area contributed by atoms with E-state index in [1.54, 1.807) is 0 Å². The molecule has 0 aromatic carbocycles. The zero-order chi connectivity index (χ0) is 41.2. The van der Waals surface area contributed by atoms with Crippen molar-refractivity contribution < 1.29 is 0 Å². The second-order valence-corrected chi connectivity index (χ2v) is 98.9. The van der Waals surface area contributed by atoms with Crippen molar-refractivity contribution in [2.45, 2.75) is 228 Å². The Morgan fingerprint density at radius 1 is 0.373 bits per heavy atom. The Morgan fingerprint density at radius 3 is 0.784 bits per heavy atom. The standard InChI is InChI=1S/C38H98NSi12/c1-33(2)50(35(42(5,6)7)43(8,9)10,36(44(11,12)13)45(14,15)16)40-41(39-31-29-30-32-39)51(34(3)4,37(46(17,18)19)47(20,21)22)38(48(23,24)25)49(26,27)28/h33-38H,29-32H2,1-28H3. The highest BCUT2D eigenvalue weighted by atomic mass is 29.6. The SMILES string of the molecule is CC(C)[Si]([Si]=[Si](N1CCCC1)[Si](C(C)C)(C([Si](C)(C)C)[Si](C)(C)C)C([Si](C)(C)C)[Si](C)(C)C)(C([Si](C)(C)C)[Si](C)(C)C)C([Si](C)(C)C)[Si](C)(C)C. The monoisotopic (exact) mass is 904 g/mol. The summed E-state index contributed by atoms with van der Waals surface area (Å²) in [6.45, 7) is 84.1. The highest BCUT2D eigenvalue weighted by Crippen LogP contribution is 2.59. The van der Waals surface area contributed by atoms with Gasteiger partial charge < -0.3 is 4.57 Å². The Morgan fingerprint density at radius 2 is 0.608 bits per heavy atom. The van der Waals surface area contributed by atoms with Crippen molar-refractivity contribution in [2.24, 2.45) is 0 Å². The molecule has 0 N–H and O–H groups in total. The number of hydrogen-bond donors (Lipinski definition) is 0. The van der Waals surface area contributed by atoms with Crippen molar-refractivity contribution >= 4 is 95.5 Å². The molecule has 0 spiro atoms. The van der Waals surface area contributed by atoms with Gasteiger partial charge in [-0.25, -0.2) is 0 Å². The maximum atomic E-state index is 3.48. The van der Waals surface area contributed by atoms with Gasteiger partial charge in [0, 0.05) is 85.8 Å². The highest BCUT2D eigenvalue weighted by Gasteiger charge is 2.68. The maximum absolute atomic E-state index is 3.48. The molecule has 0 saturated carbocycles. The lowest BCUT2D eigenvalue weighted by atomic mass is 10.4. The van der Waals surface area contributed by atoms with E-state index < -0.39 is 87.3 Å². The van der Waals surface area contributed by atoms with Crippen molar-refractivity contribution in [2.75, 3.05) is 13.1 Å². The first-order valence-electron chi connectivity index (χ1n) is 21.5. The Bertz CT molecular complexity index is 1050. The van der Waals surface area contributed by atoms with Crippen LogP contribution in [0.15, 0.2) is 0 Å². The molecule has 1 aliphatic heterocycles. The fourth-order valence-corrected chi connectivity index (χ4v) is 214. The summed E-state index contributed by atoms with van der Waals surface area (Å²) in [5.74, 6) is 0. The topological polar surface area (TPSA) is 3.24 Å². The van der Waals surface area contributed by atoms with E-state index in [0.29, 0.717) is 0 Å². The van der Waals surface area contributed by atoms with Gasteiger partial charge in [0.1, 0.15) is 0 Å². The van der Waals surface area contributed by atoms with Crippen molar-refractivity contribution in [1.82, 2.24) is 4.57 Å². The summed E-state index contributed by atoms with van der Waals surface area (Å²) >= 11 is 0. The van der Waals surface area contributed by atoms with Gasteiger partial charge in [0.15, 0.2) is 0 Å². The van der Waals surface area contributed by atoms with Crippen LogP contribution >= 0.6 is 0 Å². The highest BCUT2D eigenvalue weighted by molar-refractivity contribution is 7.59. The fourth-order valence-electron chi connectivity index (χ4n) is 15.0. The van der Waals surface area contributed by atoms with Crippen LogP contribution in [0.25, 0.3) is 0 Å². The van der Waals surface area contributed by atoms with E-state index in [-0.39, 0.29) is 0 Å². The average molecular weight is 906 g/mol. The molecule has 0 bridgehead atoms. The second-order valence-electron chi connectivity index (χ2n) is 27.0. The molecule has 0 amide bonds. The Labute approximate surface area is 338 Å². The fraction of sp³-hybridized carbons (Fsp3) is 1.00. The molecule has 1 nitrogen and oxygen atoms in total. The number of hydrogen-bond acceptors (Lipinski definition) is 1. The molecule has 0 atom stereocenters. The smallest absolute Gasteiger partial charge is 0.0821 e. The van der Waals surface area contributed by atoms with E-state index in [1.165, 1.54) is 34.1 Å². The first-order chi connectivity index (χ1) is 22.1. The molecule has 1 radical (unpaired) electrons. The largest absolute Gasteiger partial charge is 0.413 e. The molecule has 1 rings (SSSR count). The van der Waals surface area contributed by atoms with Crippen molar-refractivity contribution in [1.29, 1.82) is 0 Å². The molecule has 303 valence electrons. The van der Waals surface area contributed by atoms with Crippen LogP contribution in [0.5, 0.6) is 0 Å². The molecule has 1 heterocycles. The molecular formula is C38H98NSi12. The summed E-state index contributed by atoms with van der Waals surface area (Å²) in [6, 6.07) is 0.